The number of aliphatic hydroxyl groups is 2. The Hall–Kier alpha value is -1.28. The van der Waals surface area contributed by atoms with Gasteiger partial charge in [0, 0.05) is 17.7 Å². The molecule has 0 aliphatic heterocycles. The summed E-state index contributed by atoms with van der Waals surface area (Å²) >= 11 is 6.62. The van der Waals surface area contributed by atoms with Gasteiger partial charge in [-0.25, -0.2) is 0 Å². The SMILES string of the molecule is CCCCCCCCCCCCCCCC#CC(CCC=CC[C@@H]1[C@@H](C=CC[C@H](O)C2(CC)CCC2)[C@H](O)C[C@H]1Cl)C(=O)O. The number of rotatable bonds is 24. The summed E-state index contributed by atoms with van der Waals surface area (Å²) in [5, 5.41) is 30.9. The fourth-order valence-corrected chi connectivity index (χ4v) is 7.60. The van der Waals surface area contributed by atoms with Gasteiger partial charge in [-0.05, 0) is 69.1 Å². The molecule has 0 aromatic heterocycles. The van der Waals surface area contributed by atoms with E-state index in [-0.39, 0.29) is 28.7 Å². The predicted molar refractivity (Wildman–Crippen MR) is 186 cm³/mol. The first-order valence-electron chi connectivity index (χ1n) is 18.4. The van der Waals surface area contributed by atoms with E-state index in [1.807, 2.05) is 12.2 Å². The molecule has 0 aromatic carbocycles. The van der Waals surface area contributed by atoms with Gasteiger partial charge in [0.15, 0.2) is 0 Å². The quantitative estimate of drug-likeness (QED) is 0.0428. The Labute approximate surface area is 275 Å². The van der Waals surface area contributed by atoms with Crippen LogP contribution in [0.1, 0.15) is 162 Å². The molecule has 0 aromatic rings. The Kier molecular flexibility index (Phi) is 20.4. The molecule has 0 bridgehead atoms. The highest BCUT2D eigenvalue weighted by molar-refractivity contribution is 6.21. The summed E-state index contributed by atoms with van der Waals surface area (Å²) in [5.41, 5.74) is 0.0835. The number of alkyl halides is 1. The normalized spacial score (nSPS) is 24.3. The van der Waals surface area contributed by atoms with Crippen molar-refractivity contribution in [2.24, 2.45) is 23.2 Å². The highest BCUT2D eigenvalue weighted by Gasteiger charge is 2.42. The number of aliphatic carboxylic acids is 1. The number of carbonyl (C=O) groups is 1. The van der Waals surface area contributed by atoms with Crippen LogP contribution >= 0.6 is 11.6 Å². The molecular weight excluding hydrogens is 568 g/mol. The molecule has 5 heteroatoms. The Morgan fingerprint density at radius 3 is 2.09 bits per heavy atom. The van der Waals surface area contributed by atoms with Gasteiger partial charge in [-0.1, -0.05) is 128 Å². The summed E-state index contributed by atoms with van der Waals surface area (Å²) in [5.74, 6) is 4.79. The zero-order valence-corrected chi connectivity index (χ0v) is 28.9. The highest BCUT2D eigenvalue weighted by atomic mass is 35.5. The third-order valence-corrected chi connectivity index (χ3v) is 11.0. The summed E-state index contributed by atoms with van der Waals surface area (Å²) in [7, 11) is 0. The third kappa shape index (κ3) is 14.4. The van der Waals surface area contributed by atoms with E-state index >= 15 is 0 Å². The molecule has 0 amide bonds. The van der Waals surface area contributed by atoms with Crippen LogP contribution in [-0.2, 0) is 4.79 Å². The molecule has 0 spiro atoms. The molecule has 3 N–H and O–H groups in total. The lowest BCUT2D eigenvalue weighted by atomic mass is 9.63. The molecule has 44 heavy (non-hydrogen) atoms. The number of allylic oxidation sites excluding steroid dienone is 2. The van der Waals surface area contributed by atoms with E-state index in [4.69, 9.17) is 11.6 Å². The lowest BCUT2D eigenvalue weighted by Gasteiger charge is -2.45. The molecule has 2 saturated carbocycles. The van der Waals surface area contributed by atoms with E-state index in [0.29, 0.717) is 25.7 Å². The van der Waals surface area contributed by atoms with E-state index in [2.05, 4.69) is 37.8 Å². The van der Waals surface area contributed by atoms with Crippen LogP contribution < -0.4 is 0 Å². The van der Waals surface area contributed by atoms with Crippen LogP contribution in [0.5, 0.6) is 0 Å². The van der Waals surface area contributed by atoms with E-state index in [1.165, 1.54) is 83.5 Å². The van der Waals surface area contributed by atoms with Crippen molar-refractivity contribution in [3.63, 3.8) is 0 Å². The van der Waals surface area contributed by atoms with Crippen molar-refractivity contribution in [1.82, 2.24) is 0 Å². The minimum atomic E-state index is -0.838. The Balaban J connectivity index is 1.61. The predicted octanol–water partition coefficient (Wildman–Crippen LogP) is 10.4. The van der Waals surface area contributed by atoms with Gasteiger partial charge in [0.1, 0.15) is 5.92 Å². The number of aliphatic hydroxyl groups excluding tert-OH is 2. The van der Waals surface area contributed by atoms with Crippen LogP contribution in [0.25, 0.3) is 0 Å². The van der Waals surface area contributed by atoms with Gasteiger partial charge in [-0.15, -0.1) is 17.5 Å². The van der Waals surface area contributed by atoms with Crippen LogP contribution in [0, 0.1) is 35.0 Å². The molecule has 0 heterocycles. The third-order valence-electron chi connectivity index (χ3n) is 10.5. The van der Waals surface area contributed by atoms with Crippen LogP contribution in [0.15, 0.2) is 24.3 Å². The topological polar surface area (TPSA) is 77.8 Å². The Bertz CT molecular complexity index is 877. The number of carboxylic acids is 1. The average Bonchev–Trinajstić information content (AvgIpc) is 3.24. The zero-order valence-electron chi connectivity index (χ0n) is 28.2. The molecule has 252 valence electrons. The fraction of sp³-hybridized carbons (Fsp3) is 0.821. The second kappa shape index (κ2) is 23.1. The fourth-order valence-electron chi connectivity index (χ4n) is 7.15. The summed E-state index contributed by atoms with van der Waals surface area (Å²) in [6.07, 6.45) is 33.0. The molecule has 2 aliphatic rings. The van der Waals surface area contributed by atoms with Gasteiger partial charge >= 0.3 is 5.97 Å². The van der Waals surface area contributed by atoms with E-state index in [1.54, 1.807) is 0 Å². The number of halogens is 1. The van der Waals surface area contributed by atoms with Gasteiger partial charge in [-0.2, -0.15) is 0 Å². The largest absolute Gasteiger partial charge is 0.480 e. The molecule has 2 aliphatic carbocycles. The second-order valence-electron chi connectivity index (χ2n) is 13.8. The van der Waals surface area contributed by atoms with E-state index < -0.39 is 18.0 Å². The first-order valence-corrected chi connectivity index (χ1v) is 18.8. The molecule has 2 fully saturated rings. The summed E-state index contributed by atoms with van der Waals surface area (Å²) in [4.78, 5) is 11.7. The van der Waals surface area contributed by atoms with Gasteiger partial charge in [0.2, 0.25) is 0 Å². The van der Waals surface area contributed by atoms with Crippen LogP contribution in [0.2, 0.25) is 0 Å². The van der Waals surface area contributed by atoms with Crippen molar-refractivity contribution in [3.8, 4) is 11.8 Å². The maximum atomic E-state index is 11.7. The summed E-state index contributed by atoms with van der Waals surface area (Å²) in [6.45, 7) is 4.43. The highest BCUT2D eigenvalue weighted by Crippen LogP contribution is 2.48. The smallest absolute Gasteiger partial charge is 0.318 e. The van der Waals surface area contributed by atoms with E-state index in [9.17, 15) is 20.1 Å². The van der Waals surface area contributed by atoms with E-state index in [0.717, 1.165) is 38.5 Å². The number of unbranched alkanes of at least 4 members (excludes halogenated alkanes) is 13. The number of hydrogen-bond donors (Lipinski definition) is 3. The molecule has 4 nitrogen and oxygen atoms in total. The second-order valence-corrected chi connectivity index (χ2v) is 14.4. The standard InChI is InChI=1S/C39H65ClO4/c1-3-5-6-7-8-9-10-11-12-13-14-15-16-17-19-24-32(38(43)44)25-20-18-21-26-33-34(36(41)31-35(33)40)27-22-28-37(42)39(4-2)29-23-30-39/h18,21-22,27,32-37,41-42H,3-17,20,23,25-26,28-31H2,1-2H3,(H,43,44)/t32?,33-,34-,35-,36-,37+/m1/s1. The lowest BCUT2D eigenvalue weighted by molar-refractivity contribution is -0.139. The maximum absolute atomic E-state index is 11.7. The average molecular weight is 633 g/mol. The molecule has 6 atom stereocenters. The van der Waals surface area contributed by atoms with Crippen molar-refractivity contribution in [1.29, 1.82) is 0 Å². The van der Waals surface area contributed by atoms with Gasteiger partial charge < -0.3 is 15.3 Å². The summed E-state index contributed by atoms with van der Waals surface area (Å²) < 4.78 is 0. The monoisotopic (exact) mass is 632 g/mol. The van der Waals surface area contributed by atoms with Crippen LogP contribution in [0.3, 0.4) is 0 Å². The van der Waals surface area contributed by atoms with Gasteiger partial charge in [0.25, 0.3) is 0 Å². The molecular formula is C39H65ClO4. The van der Waals surface area contributed by atoms with Crippen LogP contribution in [-0.4, -0.2) is 38.9 Å². The van der Waals surface area contributed by atoms with Crippen LogP contribution in [0.4, 0.5) is 0 Å². The minimum absolute atomic E-state index is 0.0175. The molecule has 0 radical (unpaired) electrons. The van der Waals surface area contributed by atoms with Crippen molar-refractivity contribution < 1.29 is 20.1 Å². The lowest BCUT2D eigenvalue weighted by Crippen LogP contribution is -2.40. The van der Waals surface area contributed by atoms with Gasteiger partial charge in [-0.3, -0.25) is 4.79 Å². The van der Waals surface area contributed by atoms with Crippen molar-refractivity contribution in [2.45, 2.75) is 179 Å². The molecule has 0 saturated heterocycles. The van der Waals surface area contributed by atoms with Crippen molar-refractivity contribution in [3.05, 3.63) is 24.3 Å². The Morgan fingerprint density at radius 1 is 0.932 bits per heavy atom. The summed E-state index contributed by atoms with van der Waals surface area (Å²) in [6, 6.07) is 0. The Morgan fingerprint density at radius 2 is 1.55 bits per heavy atom. The van der Waals surface area contributed by atoms with Crippen molar-refractivity contribution >= 4 is 17.6 Å². The van der Waals surface area contributed by atoms with Gasteiger partial charge in [0.05, 0.1) is 12.2 Å². The molecule has 2 rings (SSSR count). The van der Waals surface area contributed by atoms with Crippen molar-refractivity contribution in [2.75, 3.05) is 0 Å². The number of hydrogen-bond acceptors (Lipinski definition) is 3. The zero-order chi connectivity index (χ0) is 32.0. The minimum Gasteiger partial charge on any atom is -0.480 e. The molecule has 1 unspecified atom stereocenters. The first-order chi connectivity index (χ1) is 21.3. The number of carboxylic acid groups (broad SMARTS) is 1. The first kappa shape index (κ1) is 38.9. The maximum Gasteiger partial charge on any atom is 0.318 e.